The van der Waals surface area contributed by atoms with E-state index in [0.717, 1.165) is 40.3 Å². The maximum Gasteiger partial charge on any atom is 0.323 e. The summed E-state index contributed by atoms with van der Waals surface area (Å²) in [5.41, 5.74) is 3.71. The Morgan fingerprint density at radius 1 is 1.12 bits per heavy atom. The van der Waals surface area contributed by atoms with Gasteiger partial charge in [-0.05, 0) is 41.8 Å². The number of anilines is 3. The third-order valence-electron chi connectivity index (χ3n) is 4.13. The standard InChI is InChI=1S/C18H18N4OS/c1-22-8-9-24-17-5-4-14(11-16(17)22)21-18(23)20-13-3-2-12-6-7-19-15(12)10-13/h2-7,10-11,19H,8-9H2,1H3,(H2,20,21,23). The van der Waals surface area contributed by atoms with Crippen LogP contribution in [0.25, 0.3) is 10.9 Å². The third-order valence-corrected chi connectivity index (χ3v) is 5.17. The minimum Gasteiger partial charge on any atom is -0.373 e. The van der Waals surface area contributed by atoms with E-state index in [9.17, 15) is 4.79 Å². The summed E-state index contributed by atoms with van der Waals surface area (Å²) >= 11 is 1.85. The molecule has 1 aliphatic heterocycles. The van der Waals surface area contributed by atoms with Crippen LogP contribution in [0, 0.1) is 0 Å². The van der Waals surface area contributed by atoms with Gasteiger partial charge in [0.05, 0.1) is 5.69 Å². The van der Waals surface area contributed by atoms with Gasteiger partial charge in [0, 0.05) is 47.3 Å². The first kappa shape index (κ1) is 15.0. The number of aromatic amines is 1. The van der Waals surface area contributed by atoms with Crippen LogP contribution in [-0.4, -0.2) is 30.4 Å². The van der Waals surface area contributed by atoms with Crippen molar-refractivity contribution in [3.63, 3.8) is 0 Å². The zero-order chi connectivity index (χ0) is 16.5. The van der Waals surface area contributed by atoms with E-state index >= 15 is 0 Å². The average molecular weight is 338 g/mol. The molecule has 1 aliphatic rings. The largest absolute Gasteiger partial charge is 0.373 e. The zero-order valence-corrected chi connectivity index (χ0v) is 14.1. The van der Waals surface area contributed by atoms with Crippen LogP contribution in [0.5, 0.6) is 0 Å². The highest BCUT2D eigenvalue weighted by Crippen LogP contribution is 2.35. The molecule has 2 heterocycles. The molecule has 2 aromatic carbocycles. The Morgan fingerprint density at radius 3 is 2.79 bits per heavy atom. The van der Waals surface area contributed by atoms with E-state index in [1.807, 2.05) is 54.4 Å². The molecule has 0 saturated carbocycles. The second-order valence-electron chi connectivity index (χ2n) is 5.81. The van der Waals surface area contributed by atoms with Crippen molar-refractivity contribution < 1.29 is 4.79 Å². The number of amides is 2. The summed E-state index contributed by atoms with van der Waals surface area (Å²) in [6, 6.07) is 13.6. The number of hydrogen-bond donors (Lipinski definition) is 3. The minimum atomic E-state index is -0.244. The number of H-pyrrole nitrogens is 1. The number of carbonyl (C=O) groups excluding carboxylic acids is 1. The number of urea groups is 1. The van der Waals surface area contributed by atoms with Gasteiger partial charge in [-0.1, -0.05) is 6.07 Å². The van der Waals surface area contributed by atoms with Crippen LogP contribution in [0.4, 0.5) is 21.9 Å². The Hall–Kier alpha value is -2.60. The summed E-state index contributed by atoms with van der Waals surface area (Å²) in [4.78, 5) is 18.9. The summed E-state index contributed by atoms with van der Waals surface area (Å²) in [5.74, 6) is 1.10. The molecule has 24 heavy (non-hydrogen) atoms. The lowest BCUT2D eigenvalue weighted by Crippen LogP contribution is -2.25. The van der Waals surface area contributed by atoms with Crippen molar-refractivity contribution in [3.8, 4) is 0 Å². The number of carbonyl (C=O) groups is 1. The van der Waals surface area contributed by atoms with E-state index in [1.165, 1.54) is 4.90 Å². The first-order valence-corrected chi connectivity index (χ1v) is 8.81. The molecule has 5 nitrogen and oxygen atoms in total. The van der Waals surface area contributed by atoms with Crippen LogP contribution in [-0.2, 0) is 0 Å². The van der Waals surface area contributed by atoms with Gasteiger partial charge in [0.2, 0.25) is 0 Å². The normalized spacial score (nSPS) is 13.6. The first-order valence-electron chi connectivity index (χ1n) is 7.82. The van der Waals surface area contributed by atoms with Gasteiger partial charge in [-0.2, -0.15) is 0 Å². The lowest BCUT2D eigenvalue weighted by atomic mass is 10.2. The predicted octanol–water partition coefficient (Wildman–Crippen LogP) is 4.35. The fourth-order valence-corrected chi connectivity index (χ4v) is 3.96. The minimum absolute atomic E-state index is 0.244. The van der Waals surface area contributed by atoms with Crippen molar-refractivity contribution in [2.45, 2.75) is 4.90 Å². The average Bonchev–Trinajstić information content (AvgIpc) is 3.03. The van der Waals surface area contributed by atoms with Crippen LogP contribution in [0.3, 0.4) is 0 Å². The van der Waals surface area contributed by atoms with E-state index < -0.39 is 0 Å². The predicted molar refractivity (Wildman–Crippen MR) is 101 cm³/mol. The van der Waals surface area contributed by atoms with Gasteiger partial charge in [0.1, 0.15) is 0 Å². The molecule has 2 amide bonds. The Morgan fingerprint density at radius 2 is 1.92 bits per heavy atom. The molecule has 0 aliphatic carbocycles. The Balaban J connectivity index is 1.48. The number of benzene rings is 2. The van der Waals surface area contributed by atoms with Gasteiger partial charge in [0.25, 0.3) is 0 Å². The van der Waals surface area contributed by atoms with Crippen molar-refractivity contribution in [1.29, 1.82) is 0 Å². The maximum absolute atomic E-state index is 12.3. The summed E-state index contributed by atoms with van der Waals surface area (Å²) in [6.45, 7) is 1.02. The van der Waals surface area contributed by atoms with E-state index in [-0.39, 0.29) is 6.03 Å². The quantitative estimate of drug-likeness (QED) is 0.651. The summed E-state index contributed by atoms with van der Waals surface area (Å²) in [5, 5.41) is 6.90. The lowest BCUT2D eigenvalue weighted by Gasteiger charge is -2.27. The molecule has 0 atom stereocenters. The topological polar surface area (TPSA) is 60.2 Å². The van der Waals surface area contributed by atoms with Crippen LogP contribution in [0.1, 0.15) is 0 Å². The van der Waals surface area contributed by atoms with Crippen molar-refractivity contribution in [1.82, 2.24) is 4.98 Å². The van der Waals surface area contributed by atoms with Gasteiger partial charge >= 0.3 is 6.03 Å². The smallest absolute Gasteiger partial charge is 0.323 e. The van der Waals surface area contributed by atoms with Gasteiger partial charge in [-0.25, -0.2) is 4.79 Å². The van der Waals surface area contributed by atoms with E-state index in [1.54, 1.807) is 0 Å². The summed E-state index contributed by atoms with van der Waals surface area (Å²) < 4.78 is 0. The number of hydrogen-bond acceptors (Lipinski definition) is 3. The van der Waals surface area contributed by atoms with Crippen LogP contribution < -0.4 is 15.5 Å². The monoisotopic (exact) mass is 338 g/mol. The lowest BCUT2D eigenvalue weighted by molar-refractivity contribution is 0.262. The molecular formula is C18H18N4OS. The van der Waals surface area contributed by atoms with Crippen molar-refractivity contribution in [3.05, 3.63) is 48.7 Å². The SMILES string of the molecule is CN1CCSc2ccc(NC(=O)Nc3ccc4cc[nH]c4c3)cc21. The molecule has 0 saturated heterocycles. The van der Waals surface area contributed by atoms with Gasteiger partial charge < -0.3 is 20.5 Å². The van der Waals surface area contributed by atoms with Crippen molar-refractivity contribution in [2.24, 2.45) is 0 Å². The molecule has 3 aromatic rings. The van der Waals surface area contributed by atoms with Crippen LogP contribution >= 0.6 is 11.8 Å². The van der Waals surface area contributed by atoms with Gasteiger partial charge in [0.15, 0.2) is 0 Å². The number of fused-ring (bicyclic) bond motifs is 2. The highest BCUT2D eigenvalue weighted by Gasteiger charge is 2.15. The molecule has 0 radical (unpaired) electrons. The van der Waals surface area contributed by atoms with E-state index in [0.29, 0.717) is 0 Å². The van der Waals surface area contributed by atoms with E-state index in [4.69, 9.17) is 0 Å². The van der Waals surface area contributed by atoms with Crippen LogP contribution in [0.15, 0.2) is 53.6 Å². The van der Waals surface area contributed by atoms with Gasteiger partial charge in [-0.3, -0.25) is 0 Å². The molecule has 4 rings (SSSR count). The fourth-order valence-electron chi connectivity index (χ4n) is 2.85. The van der Waals surface area contributed by atoms with Gasteiger partial charge in [-0.15, -0.1) is 11.8 Å². The second kappa shape index (κ2) is 6.13. The number of nitrogens with one attached hydrogen (secondary N) is 3. The summed E-state index contributed by atoms with van der Waals surface area (Å²) in [6.07, 6.45) is 1.89. The fraction of sp³-hybridized carbons (Fsp3) is 0.167. The zero-order valence-electron chi connectivity index (χ0n) is 13.3. The molecule has 1 aromatic heterocycles. The maximum atomic E-state index is 12.3. The van der Waals surface area contributed by atoms with Crippen LogP contribution in [0.2, 0.25) is 0 Å². The Kier molecular flexibility index (Phi) is 3.82. The number of thioether (sulfide) groups is 1. The first-order chi connectivity index (χ1) is 11.7. The Bertz CT molecular complexity index is 905. The van der Waals surface area contributed by atoms with Crippen molar-refractivity contribution >= 4 is 45.8 Å². The molecule has 6 heteroatoms. The molecule has 0 fully saturated rings. The molecular weight excluding hydrogens is 320 g/mol. The van der Waals surface area contributed by atoms with Crippen molar-refractivity contribution in [2.75, 3.05) is 34.9 Å². The molecule has 0 unspecified atom stereocenters. The summed E-state index contributed by atoms with van der Waals surface area (Å²) in [7, 11) is 2.08. The highest BCUT2D eigenvalue weighted by molar-refractivity contribution is 7.99. The third kappa shape index (κ3) is 2.92. The molecule has 0 bridgehead atoms. The highest BCUT2D eigenvalue weighted by atomic mass is 32.2. The number of nitrogens with zero attached hydrogens (tertiary/aromatic N) is 1. The number of aromatic nitrogens is 1. The Labute approximate surface area is 144 Å². The molecule has 3 N–H and O–H groups in total. The molecule has 122 valence electrons. The molecule has 0 spiro atoms. The van der Waals surface area contributed by atoms with E-state index in [2.05, 4.69) is 33.6 Å². The number of rotatable bonds is 2. The second-order valence-corrected chi connectivity index (χ2v) is 6.95.